The predicted molar refractivity (Wildman–Crippen MR) is 57.6 cm³/mol. The van der Waals surface area contributed by atoms with Crippen molar-refractivity contribution < 1.29 is 9.53 Å². The van der Waals surface area contributed by atoms with E-state index >= 15 is 0 Å². The van der Waals surface area contributed by atoms with Crippen molar-refractivity contribution in [2.45, 2.75) is 57.2 Å². The molecule has 0 aromatic rings. The molecule has 82 valence electrons. The fourth-order valence-electron chi connectivity index (χ4n) is 3.21. The summed E-state index contributed by atoms with van der Waals surface area (Å²) in [5, 5.41) is 0. The minimum atomic E-state index is 0.202. The first-order valence-electron chi connectivity index (χ1n) is 6.23. The van der Waals surface area contributed by atoms with Gasteiger partial charge in [0, 0.05) is 0 Å². The second-order valence-corrected chi connectivity index (χ2v) is 5.06. The molecule has 2 heterocycles. The smallest absolute Gasteiger partial charge is 0.164 e. The van der Waals surface area contributed by atoms with Crippen LogP contribution in [0.25, 0.3) is 0 Å². The molecule has 2 bridgehead atoms. The molecule has 2 fully saturated rings. The summed E-state index contributed by atoms with van der Waals surface area (Å²) in [6.45, 7) is 0. The number of fused-ring (bicyclic) bond motifs is 2. The van der Waals surface area contributed by atoms with E-state index in [0.717, 1.165) is 31.3 Å². The Kier molecular flexibility index (Phi) is 2.39. The lowest BCUT2D eigenvalue weighted by Gasteiger charge is -2.20. The number of carbonyl (C=O) groups is 1. The maximum Gasteiger partial charge on any atom is 0.164 e. The van der Waals surface area contributed by atoms with Crippen LogP contribution in [0.2, 0.25) is 0 Å². The first kappa shape index (κ1) is 9.59. The molecule has 0 amide bonds. The Hall–Kier alpha value is -0.630. The fraction of sp³-hybridized carbons (Fsp3) is 0.769. The van der Waals surface area contributed by atoms with E-state index in [9.17, 15) is 4.79 Å². The summed E-state index contributed by atoms with van der Waals surface area (Å²) in [6.07, 6.45) is 10.6. The van der Waals surface area contributed by atoms with Gasteiger partial charge in [-0.1, -0.05) is 6.08 Å². The molecular formula is C13H18O2. The molecule has 0 aromatic heterocycles. The molecule has 3 aliphatic rings. The zero-order chi connectivity index (χ0) is 10.3. The first-order chi connectivity index (χ1) is 7.34. The zero-order valence-electron chi connectivity index (χ0n) is 9.08. The number of hydrogen-bond acceptors (Lipinski definition) is 2. The molecule has 3 atom stereocenters. The molecular weight excluding hydrogens is 188 g/mol. The molecule has 2 nitrogen and oxygen atoms in total. The third-order valence-electron chi connectivity index (χ3n) is 4.05. The molecule has 15 heavy (non-hydrogen) atoms. The highest BCUT2D eigenvalue weighted by molar-refractivity contribution is 5.97. The van der Waals surface area contributed by atoms with Crippen LogP contribution in [0.5, 0.6) is 0 Å². The largest absolute Gasteiger partial charge is 0.374 e. The molecule has 1 aliphatic carbocycles. The van der Waals surface area contributed by atoms with Gasteiger partial charge in [-0.2, -0.15) is 0 Å². The second kappa shape index (κ2) is 3.75. The third kappa shape index (κ3) is 1.65. The van der Waals surface area contributed by atoms with Crippen molar-refractivity contribution in [1.82, 2.24) is 0 Å². The molecule has 2 saturated heterocycles. The predicted octanol–water partition coefficient (Wildman–Crippen LogP) is 2.62. The fourth-order valence-corrected chi connectivity index (χ4v) is 3.21. The molecule has 3 unspecified atom stereocenters. The number of carbonyl (C=O) groups excluding carboxylic acids is 1. The lowest BCUT2D eigenvalue weighted by molar-refractivity contribution is -0.120. The maximum absolute atomic E-state index is 12.2. The van der Waals surface area contributed by atoms with E-state index in [0.29, 0.717) is 11.9 Å². The van der Waals surface area contributed by atoms with Gasteiger partial charge in [0.2, 0.25) is 0 Å². The minimum Gasteiger partial charge on any atom is -0.374 e. The van der Waals surface area contributed by atoms with Crippen LogP contribution >= 0.6 is 0 Å². The van der Waals surface area contributed by atoms with E-state index in [2.05, 4.69) is 6.08 Å². The van der Waals surface area contributed by atoms with E-state index in [1.54, 1.807) is 0 Å². The summed E-state index contributed by atoms with van der Waals surface area (Å²) >= 11 is 0. The SMILES string of the molecule is O=C(C1=CCCCC1)C1CC2CCC1O2. The van der Waals surface area contributed by atoms with Crippen molar-refractivity contribution in [2.24, 2.45) is 5.92 Å². The Morgan fingerprint density at radius 3 is 2.87 bits per heavy atom. The molecule has 0 saturated carbocycles. The number of allylic oxidation sites excluding steroid dienone is 2. The van der Waals surface area contributed by atoms with E-state index < -0.39 is 0 Å². The van der Waals surface area contributed by atoms with Crippen LogP contribution in [-0.2, 0) is 9.53 Å². The van der Waals surface area contributed by atoms with Crippen molar-refractivity contribution in [3.63, 3.8) is 0 Å². The van der Waals surface area contributed by atoms with Gasteiger partial charge in [0.15, 0.2) is 5.78 Å². The normalized spacial score (nSPS) is 39.2. The molecule has 0 N–H and O–H groups in total. The minimum absolute atomic E-state index is 0.202. The van der Waals surface area contributed by atoms with Crippen LogP contribution in [-0.4, -0.2) is 18.0 Å². The Bertz CT molecular complexity index is 306. The summed E-state index contributed by atoms with van der Waals surface area (Å²) in [5.74, 6) is 0.606. The van der Waals surface area contributed by atoms with Gasteiger partial charge in [0.1, 0.15) is 0 Å². The third-order valence-corrected chi connectivity index (χ3v) is 4.05. The number of hydrogen-bond donors (Lipinski definition) is 0. The Morgan fingerprint density at radius 2 is 2.27 bits per heavy atom. The maximum atomic E-state index is 12.2. The summed E-state index contributed by atoms with van der Waals surface area (Å²) in [7, 11) is 0. The van der Waals surface area contributed by atoms with Crippen LogP contribution in [0, 0.1) is 5.92 Å². The van der Waals surface area contributed by atoms with Gasteiger partial charge < -0.3 is 4.74 Å². The Balaban J connectivity index is 1.72. The highest BCUT2D eigenvalue weighted by Crippen LogP contribution is 2.40. The number of ketones is 1. The van der Waals surface area contributed by atoms with E-state index in [1.165, 1.54) is 19.3 Å². The monoisotopic (exact) mass is 206 g/mol. The number of Topliss-reactive ketones (excluding diaryl/α,β-unsaturated/α-hetero) is 1. The molecule has 2 heteroatoms. The summed E-state index contributed by atoms with van der Waals surface area (Å²) in [4.78, 5) is 12.2. The molecule has 0 spiro atoms. The van der Waals surface area contributed by atoms with Crippen molar-refractivity contribution in [3.05, 3.63) is 11.6 Å². The summed E-state index contributed by atoms with van der Waals surface area (Å²) < 4.78 is 5.75. The van der Waals surface area contributed by atoms with Crippen molar-refractivity contribution in [2.75, 3.05) is 0 Å². The molecule has 2 aliphatic heterocycles. The van der Waals surface area contributed by atoms with Crippen molar-refractivity contribution in [3.8, 4) is 0 Å². The summed E-state index contributed by atoms with van der Waals surface area (Å²) in [6, 6.07) is 0. The average molecular weight is 206 g/mol. The average Bonchev–Trinajstić information content (AvgIpc) is 2.91. The van der Waals surface area contributed by atoms with E-state index in [4.69, 9.17) is 4.74 Å². The molecule has 0 aromatic carbocycles. The molecule has 0 radical (unpaired) electrons. The van der Waals surface area contributed by atoms with Gasteiger partial charge >= 0.3 is 0 Å². The van der Waals surface area contributed by atoms with E-state index in [-0.39, 0.29) is 12.0 Å². The van der Waals surface area contributed by atoms with Crippen LogP contribution in [0.15, 0.2) is 11.6 Å². The lowest BCUT2D eigenvalue weighted by Crippen LogP contribution is -2.27. The highest BCUT2D eigenvalue weighted by Gasteiger charge is 2.44. The Labute approximate surface area is 90.7 Å². The van der Waals surface area contributed by atoms with Gasteiger partial charge in [0.05, 0.1) is 18.1 Å². The number of ether oxygens (including phenoxy) is 1. The lowest BCUT2D eigenvalue weighted by atomic mass is 9.81. The van der Waals surface area contributed by atoms with Gasteiger partial charge in [-0.15, -0.1) is 0 Å². The zero-order valence-corrected chi connectivity index (χ0v) is 9.08. The van der Waals surface area contributed by atoms with Gasteiger partial charge in [-0.25, -0.2) is 0 Å². The quantitative estimate of drug-likeness (QED) is 0.694. The van der Waals surface area contributed by atoms with Crippen molar-refractivity contribution >= 4 is 5.78 Å². The van der Waals surface area contributed by atoms with Crippen LogP contribution in [0.1, 0.15) is 44.9 Å². The van der Waals surface area contributed by atoms with Gasteiger partial charge in [-0.05, 0) is 50.5 Å². The van der Waals surface area contributed by atoms with E-state index in [1.807, 2.05) is 0 Å². The van der Waals surface area contributed by atoms with Crippen LogP contribution in [0.4, 0.5) is 0 Å². The van der Waals surface area contributed by atoms with Crippen LogP contribution in [0.3, 0.4) is 0 Å². The standard InChI is InChI=1S/C13H18O2/c14-13(9-4-2-1-3-5-9)11-8-10-6-7-12(11)15-10/h4,10-12H,1-3,5-8H2. The van der Waals surface area contributed by atoms with Crippen LogP contribution < -0.4 is 0 Å². The number of rotatable bonds is 2. The summed E-state index contributed by atoms with van der Waals surface area (Å²) in [5.41, 5.74) is 1.10. The first-order valence-corrected chi connectivity index (χ1v) is 6.23. The topological polar surface area (TPSA) is 26.3 Å². The highest BCUT2D eigenvalue weighted by atomic mass is 16.5. The second-order valence-electron chi connectivity index (χ2n) is 5.06. The van der Waals surface area contributed by atoms with Crippen molar-refractivity contribution in [1.29, 1.82) is 0 Å². The van der Waals surface area contributed by atoms with Gasteiger partial charge in [0.25, 0.3) is 0 Å². The molecule has 3 rings (SSSR count). The Morgan fingerprint density at radius 1 is 1.33 bits per heavy atom. The van der Waals surface area contributed by atoms with Gasteiger partial charge in [-0.3, -0.25) is 4.79 Å².